The van der Waals surface area contributed by atoms with Crippen molar-refractivity contribution in [3.63, 3.8) is 0 Å². The van der Waals surface area contributed by atoms with Gasteiger partial charge in [0, 0.05) is 23.5 Å². The van der Waals surface area contributed by atoms with Crippen LogP contribution >= 0.6 is 24.8 Å². The molecular formula is C23H32Cl2N4O2. The second-order valence-corrected chi connectivity index (χ2v) is 8.15. The van der Waals surface area contributed by atoms with Crippen molar-refractivity contribution in [1.82, 2.24) is 0 Å². The van der Waals surface area contributed by atoms with Gasteiger partial charge in [0.05, 0.1) is 12.5 Å². The van der Waals surface area contributed by atoms with E-state index in [1.54, 1.807) is 0 Å². The lowest BCUT2D eigenvalue weighted by molar-refractivity contribution is -0.122. The third-order valence-corrected chi connectivity index (χ3v) is 5.61. The third kappa shape index (κ3) is 7.42. The maximum absolute atomic E-state index is 12.9. The van der Waals surface area contributed by atoms with Crippen LogP contribution in [0.15, 0.2) is 54.6 Å². The number of rotatable bonds is 7. The van der Waals surface area contributed by atoms with Gasteiger partial charge in [-0.15, -0.1) is 24.8 Å². The van der Waals surface area contributed by atoms with E-state index in [4.69, 9.17) is 11.5 Å². The first-order valence-electron chi connectivity index (χ1n) is 10.1. The number of halogens is 2. The highest BCUT2D eigenvalue weighted by Crippen LogP contribution is 2.32. The molecule has 5 N–H and O–H groups in total. The lowest BCUT2D eigenvalue weighted by atomic mass is 9.74. The number of benzene rings is 2. The molecule has 2 amide bonds. The molecule has 1 aliphatic carbocycles. The van der Waals surface area contributed by atoms with E-state index in [-0.39, 0.29) is 43.2 Å². The number of hydrogen-bond acceptors (Lipinski definition) is 4. The molecule has 2 aromatic carbocycles. The number of hydrogen-bond donors (Lipinski definition) is 3. The number of carbonyl (C=O) groups excluding carboxylic acids is 2. The van der Waals surface area contributed by atoms with Crippen LogP contribution in [0.2, 0.25) is 0 Å². The van der Waals surface area contributed by atoms with Crippen molar-refractivity contribution in [3.05, 3.63) is 60.2 Å². The molecule has 1 fully saturated rings. The first-order valence-corrected chi connectivity index (χ1v) is 10.1. The highest BCUT2D eigenvalue weighted by molar-refractivity contribution is 5.94. The monoisotopic (exact) mass is 466 g/mol. The highest BCUT2D eigenvalue weighted by Gasteiger charge is 2.37. The van der Waals surface area contributed by atoms with Crippen LogP contribution in [0, 0.1) is 5.92 Å². The molecule has 0 aliphatic heterocycles. The van der Waals surface area contributed by atoms with Gasteiger partial charge in [-0.25, -0.2) is 0 Å². The van der Waals surface area contributed by atoms with Crippen molar-refractivity contribution < 1.29 is 9.59 Å². The lowest BCUT2D eigenvalue weighted by Gasteiger charge is -2.37. The molecule has 31 heavy (non-hydrogen) atoms. The van der Waals surface area contributed by atoms with Crippen molar-refractivity contribution in [2.45, 2.75) is 44.7 Å². The second-order valence-electron chi connectivity index (χ2n) is 8.15. The Morgan fingerprint density at radius 2 is 1.81 bits per heavy atom. The van der Waals surface area contributed by atoms with Gasteiger partial charge in [-0.05, 0) is 43.5 Å². The van der Waals surface area contributed by atoms with Crippen LogP contribution in [0.5, 0.6) is 0 Å². The summed E-state index contributed by atoms with van der Waals surface area (Å²) in [4.78, 5) is 26.4. The van der Waals surface area contributed by atoms with E-state index in [0.717, 1.165) is 36.9 Å². The van der Waals surface area contributed by atoms with Crippen LogP contribution in [0.3, 0.4) is 0 Å². The minimum atomic E-state index is -0.481. The molecule has 2 atom stereocenters. The molecule has 2 aromatic rings. The fourth-order valence-electron chi connectivity index (χ4n) is 4.03. The van der Waals surface area contributed by atoms with E-state index in [1.165, 1.54) is 0 Å². The van der Waals surface area contributed by atoms with E-state index in [9.17, 15) is 9.59 Å². The number of carbonyl (C=O) groups is 2. The average molecular weight is 467 g/mol. The van der Waals surface area contributed by atoms with Gasteiger partial charge >= 0.3 is 0 Å². The largest absolute Gasteiger partial charge is 0.368 e. The summed E-state index contributed by atoms with van der Waals surface area (Å²) in [6.45, 7) is 2.60. The number of primary amides is 1. The van der Waals surface area contributed by atoms with E-state index in [2.05, 4.69) is 5.32 Å². The van der Waals surface area contributed by atoms with Gasteiger partial charge in [0.25, 0.3) is 0 Å². The molecule has 2 unspecified atom stereocenters. The molecular weight excluding hydrogens is 435 g/mol. The minimum Gasteiger partial charge on any atom is -0.368 e. The Morgan fingerprint density at radius 3 is 2.45 bits per heavy atom. The Labute approximate surface area is 196 Å². The normalized spacial score (nSPS) is 20.0. The van der Waals surface area contributed by atoms with Crippen LogP contribution in [0.25, 0.3) is 0 Å². The van der Waals surface area contributed by atoms with Crippen LogP contribution in [0.1, 0.15) is 38.2 Å². The Kier molecular flexibility index (Phi) is 10.3. The number of nitrogens with zero attached hydrogens (tertiary/aromatic N) is 1. The molecule has 0 heterocycles. The van der Waals surface area contributed by atoms with Gasteiger partial charge in [-0.1, -0.05) is 49.2 Å². The van der Waals surface area contributed by atoms with Crippen molar-refractivity contribution in [1.29, 1.82) is 0 Å². The summed E-state index contributed by atoms with van der Waals surface area (Å²) in [7, 11) is 0. The minimum absolute atomic E-state index is 0. The molecule has 0 spiro atoms. The van der Waals surface area contributed by atoms with E-state index >= 15 is 0 Å². The summed E-state index contributed by atoms with van der Waals surface area (Å²) in [5, 5.41) is 3.02. The number of nitrogens with two attached hydrogens (primary N) is 2. The van der Waals surface area contributed by atoms with Crippen LogP contribution in [-0.2, 0) is 16.1 Å². The Hall–Kier alpha value is -2.28. The molecule has 1 aliphatic rings. The SMILES string of the molecule is CC1(N)CCCCC1C(=O)Nc1cccc(N(CC(N)=O)Cc2ccccc2)c1.Cl.Cl. The fraction of sp³-hybridized carbons (Fsp3) is 0.391. The summed E-state index contributed by atoms with van der Waals surface area (Å²) in [6, 6.07) is 17.4. The summed E-state index contributed by atoms with van der Waals surface area (Å²) >= 11 is 0. The molecule has 0 radical (unpaired) electrons. The topological polar surface area (TPSA) is 101 Å². The van der Waals surface area contributed by atoms with Gasteiger partial charge in [-0.2, -0.15) is 0 Å². The molecule has 3 rings (SSSR count). The second kappa shape index (κ2) is 11.9. The van der Waals surface area contributed by atoms with Gasteiger partial charge in [0.1, 0.15) is 0 Å². The van der Waals surface area contributed by atoms with Gasteiger partial charge in [0.15, 0.2) is 0 Å². The zero-order valence-corrected chi connectivity index (χ0v) is 19.4. The number of anilines is 2. The molecule has 6 nitrogen and oxygen atoms in total. The van der Waals surface area contributed by atoms with Gasteiger partial charge in [0.2, 0.25) is 11.8 Å². The maximum atomic E-state index is 12.9. The fourth-order valence-corrected chi connectivity index (χ4v) is 4.03. The van der Waals surface area contributed by atoms with Crippen LogP contribution in [-0.4, -0.2) is 23.9 Å². The van der Waals surface area contributed by atoms with Crippen molar-refractivity contribution in [2.75, 3.05) is 16.8 Å². The summed E-state index contributed by atoms with van der Waals surface area (Å²) in [5.41, 5.74) is 13.9. The predicted octanol–water partition coefficient (Wildman–Crippen LogP) is 3.87. The third-order valence-electron chi connectivity index (χ3n) is 5.61. The number of amides is 2. The lowest BCUT2D eigenvalue weighted by Crippen LogP contribution is -2.51. The molecule has 170 valence electrons. The molecule has 0 bridgehead atoms. The molecule has 0 saturated heterocycles. The zero-order valence-electron chi connectivity index (χ0n) is 17.8. The van der Waals surface area contributed by atoms with E-state index < -0.39 is 11.4 Å². The van der Waals surface area contributed by atoms with E-state index in [0.29, 0.717) is 12.2 Å². The summed E-state index contributed by atoms with van der Waals surface area (Å²) < 4.78 is 0. The highest BCUT2D eigenvalue weighted by atomic mass is 35.5. The first-order chi connectivity index (χ1) is 13.8. The van der Waals surface area contributed by atoms with Crippen molar-refractivity contribution in [2.24, 2.45) is 17.4 Å². The smallest absolute Gasteiger partial charge is 0.236 e. The van der Waals surface area contributed by atoms with Crippen LogP contribution in [0.4, 0.5) is 11.4 Å². The first kappa shape index (κ1) is 26.8. The number of nitrogens with one attached hydrogen (secondary N) is 1. The average Bonchev–Trinajstić information content (AvgIpc) is 2.67. The molecule has 8 heteroatoms. The Bertz CT molecular complexity index is 862. The standard InChI is InChI=1S/C23H30N4O2.2ClH/c1-23(25)13-6-5-12-20(23)22(29)26-18-10-7-11-19(14-18)27(16-21(24)28)15-17-8-3-2-4-9-17;;/h2-4,7-11,14,20H,5-6,12-13,15-16,25H2,1H3,(H2,24,28)(H,26,29);2*1H. The maximum Gasteiger partial charge on any atom is 0.236 e. The molecule has 0 aromatic heterocycles. The summed E-state index contributed by atoms with van der Waals surface area (Å²) in [6.07, 6.45) is 3.75. The van der Waals surface area contributed by atoms with Crippen LogP contribution < -0.4 is 21.7 Å². The van der Waals surface area contributed by atoms with Gasteiger partial charge in [-0.3, -0.25) is 9.59 Å². The predicted molar refractivity (Wildman–Crippen MR) is 131 cm³/mol. The van der Waals surface area contributed by atoms with Crippen molar-refractivity contribution in [3.8, 4) is 0 Å². The Balaban J connectivity index is 0.00000240. The zero-order chi connectivity index (χ0) is 20.9. The van der Waals surface area contributed by atoms with Crippen molar-refractivity contribution >= 4 is 48.0 Å². The molecule has 1 saturated carbocycles. The Morgan fingerprint density at radius 1 is 1.10 bits per heavy atom. The van der Waals surface area contributed by atoms with E-state index in [1.807, 2.05) is 66.4 Å². The summed E-state index contributed by atoms with van der Waals surface area (Å²) in [5.74, 6) is -0.654. The van der Waals surface area contributed by atoms with Gasteiger partial charge < -0.3 is 21.7 Å². The quantitative estimate of drug-likeness (QED) is 0.576.